The van der Waals surface area contributed by atoms with Crippen LogP contribution in [0.25, 0.3) is 0 Å². The monoisotopic (exact) mass is 324 g/mol. The van der Waals surface area contributed by atoms with Crippen molar-refractivity contribution in [3.05, 3.63) is 0 Å². The van der Waals surface area contributed by atoms with E-state index in [1.165, 1.54) is 44.9 Å². The van der Waals surface area contributed by atoms with Crippen molar-refractivity contribution in [1.29, 1.82) is 0 Å². The van der Waals surface area contributed by atoms with Crippen LogP contribution in [-0.2, 0) is 10.1 Å². The van der Waals surface area contributed by atoms with E-state index in [9.17, 15) is 8.42 Å². The lowest BCUT2D eigenvalue weighted by molar-refractivity contribution is 0.454. The van der Waals surface area contributed by atoms with Crippen LogP contribution in [0.4, 0.5) is 0 Å². The van der Waals surface area contributed by atoms with Gasteiger partial charge in [-0.25, -0.2) is 0 Å². The summed E-state index contributed by atoms with van der Waals surface area (Å²) in [5.41, 5.74) is 0. The van der Waals surface area contributed by atoms with Gasteiger partial charge in [-0.15, -0.1) is 0 Å². The normalized spacial score (nSPS) is 15.2. The highest BCUT2D eigenvalue weighted by molar-refractivity contribution is 7.86. The van der Waals surface area contributed by atoms with Crippen molar-refractivity contribution in [2.24, 2.45) is 0 Å². The van der Waals surface area contributed by atoms with Crippen LogP contribution in [0, 0.1) is 0 Å². The number of thiol groups is 1. The lowest BCUT2D eigenvalue weighted by Crippen LogP contribution is -2.23. The van der Waals surface area contributed by atoms with Crippen LogP contribution in [0.5, 0.6) is 0 Å². The standard InChI is InChI=1S/C15H32O3S2/c1-3-5-6-7-8-9-10-11-12-14(19)13-15(4-2)20(16,17)18/h14-15,19H,3-13H2,1-2H3,(H,16,17,18). The average molecular weight is 325 g/mol. The molecule has 0 fully saturated rings. The summed E-state index contributed by atoms with van der Waals surface area (Å²) in [6.45, 7) is 4.01. The fourth-order valence-corrected chi connectivity index (χ4v) is 3.91. The predicted molar refractivity (Wildman–Crippen MR) is 90.2 cm³/mol. The van der Waals surface area contributed by atoms with E-state index in [0.29, 0.717) is 12.8 Å². The summed E-state index contributed by atoms with van der Waals surface area (Å²) >= 11 is 4.45. The molecule has 0 saturated heterocycles. The van der Waals surface area contributed by atoms with Gasteiger partial charge in [0.1, 0.15) is 0 Å². The molecule has 0 bridgehead atoms. The Labute approximate surface area is 131 Å². The van der Waals surface area contributed by atoms with E-state index < -0.39 is 15.4 Å². The summed E-state index contributed by atoms with van der Waals surface area (Å²) in [5, 5.41) is -0.582. The Morgan fingerprint density at radius 1 is 0.950 bits per heavy atom. The second-order valence-electron chi connectivity index (χ2n) is 5.70. The third-order valence-corrected chi connectivity index (χ3v) is 5.64. The molecule has 0 aromatic carbocycles. The number of rotatable bonds is 13. The zero-order valence-electron chi connectivity index (χ0n) is 13.1. The zero-order chi connectivity index (χ0) is 15.4. The van der Waals surface area contributed by atoms with E-state index in [2.05, 4.69) is 19.6 Å². The zero-order valence-corrected chi connectivity index (χ0v) is 14.8. The van der Waals surface area contributed by atoms with E-state index in [4.69, 9.17) is 4.55 Å². The van der Waals surface area contributed by atoms with Crippen LogP contribution < -0.4 is 0 Å². The van der Waals surface area contributed by atoms with Crippen molar-refractivity contribution in [2.75, 3.05) is 0 Å². The van der Waals surface area contributed by atoms with Gasteiger partial charge in [0.05, 0.1) is 5.25 Å². The van der Waals surface area contributed by atoms with Crippen LogP contribution in [-0.4, -0.2) is 23.5 Å². The van der Waals surface area contributed by atoms with Crippen LogP contribution >= 0.6 is 12.6 Å². The molecule has 20 heavy (non-hydrogen) atoms. The minimum absolute atomic E-state index is 0.0713. The average Bonchev–Trinajstić information content (AvgIpc) is 2.37. The fourth-order valence-electron chi connectivity index (χ4n) is 2.43. The molecule has 2 unspecified atom stereocenters. The highest BCUT2D eigenvalue weighted by Crippen LogP contribution is 2.20. The van der Waals surface area contributed by atoms with E-state index in [1.54, 1.807) is 6.92 Å². The highest BCUT2D eigenvalue weighted by Gasteiger charge is 2.23. The molecule has 5 heteroatoms. The number of hydrogen-bond acceptors (Lipinski definition) is 3. The van der Waals surface area contributed by atoms with Gasteiger partial charge in [0.15, 0.2) is 0 Å². The first-order valence-electron chi connectivity index (χ1n) is 8.06. The predicted octanol–water partition coefficient (Wildman–Crippen LogP) is 4.87. The van der Waals surface area contributed by atoms with Crippen molar-refractivity contribution >= 4 is 22.7 Å². The molecular formula is C15H32O3S2. The quantitative estimate of drug-likeness (QED) is 0.289. The van der Waals surface area contributed by atoms with Gasteiger partial charge in [-0.2, -0.15) is 21.0 Å². The van der Waals surface area contributed by atoms with Crippen LogP contribution in [0.2, 0.25) is 0 Å². The molecule has 0 aliphatic heterocycles. The molecule has 2 atom stereocenters. The van der Waals surface area contributed by atoms with E-state index in [1.807, 2.05) is 0 Å². The fraction of sp³-hybridized carbons (Fsp3) is 1.00. The van der Waals surface area contributed by atoms with Crippen molar-refractivity contribution in [2.45, 2.75) is 95.0 Å². The molecule has 0 aromatic rings. The second kappa shape index (κ2) is 11.9. The molecule has 3 nitrogen and oxygen atoms in total. The van der Waals surface area contributed by atoms with Crippen LogP contribution in [0.3, 0.4) is 0 Å². The lowest BCUT2D eigenvalue weighted by atomic mass is 10.0. The third kappa shape index (κ3) is 11.0. The summed E-state index contributed by atoms with van der Waals surface area (Å²) in [6.07, 6.45) is 12.0. The maximum atomic E-state index is 11.1. The van der Waals surface area contributed by atoms with E-state index in [0.717, 1.165) is 12.8 Å². The summed E-state index contributed by atoms with van der Waals surface area (Å²) < 4.78 is 31.3. The van der Waals surface area contributed by atoms with Crippen molar-refractivity contribution < 1.29 is 13.0 Å². The molecular weight excluding hydrogens is 292 g/mol. The first-order valence-corrected chi connectivity index (χ1v) is 10.1. The Hall–Kier alpha value is 0.260. The van der Waals surface area contributed by atoms with Gasteiger partial charge in [-0.05, 0) is 19.3 Å². The van der Waals surface area contributed by atoms with Gasteiger partial charge in [-0.1, -0.05) is 65.2 Å². The molecule has 1 N–H and O–H groups in total. The first kappa shape index (κ1) is 20.3. The summed E-state index contributed by atoms with van der Waals surface area (Å²) in [7, 11) is -3.91. The highest BCUT2D eigenvalue weighted by atomic mass is 32.2. The number of hydrogen-bond donors (Lipinski definition) is 2. The first-order chi connectivity index (χ1) is 9.41. The summed E-state index contributed by atoms with van der Waals surface area (Å²) in [4.78, 5) is 0. The van der Waals surface area contributed by atoms with Crippen molar-refractivity contribution in [3.8, 4) is 0 Å². The Balaban J connectivity index is 3.61. The lowest BCUT2D eigenvalue weighted by Gasteiger charge is -2.16. The summed E-state index contributed by atoms with van der Waals surface area (Å²) in [5.74, 6) is 0. The van der Waals surface area contributed by atoms with Gasteiger partial charge in [-0.3, -0.25) is 4.55 Å². The molecule has 0 spiro atoms. The molecule has 122 valence electrons. The van der Waals surface area contributed by atoms with Gasteiger partial charge in [0, 0.05) is 5.25 Å². The van der Waals surface area contributed by atoms with Crippen LogP contribution in [0.15, 0.2) is 0 Å². The molecule has 0 aliphatic rings. The topological polar surface area (TPSA) is 54.4 Å². The van der Waals surface area contributed by atoms with Crippen LogP contribution in [0.1, 0.15) is 84.5 Å². The summed E-state index contributed by atoms with van der Waals surface area (Å²) in [6, 6.07) is 0. The second-order valence-corrected chi connectivity index (χ2v) is 8.13. The maximum Gasteiger partial charge on any atom is 0.267 e. The van der Waals surface area contributed by atoms with Gasteiger partial charge >= 0.3 is 0 Å². The number of unbranched alkanes of at least 4 members (excludes halogenated alkanes) is 7. The van der Waals surface area contributed by atoms with E-state index >= 15 is 0 Å². The smallest absolute Gasteiger partial charge is 0.267 e. The van der Waals surface area contributed by atoms with Gasteiger partial charge < -0.3 is 0 Å². The Morgan fingerprint density at radius 3 is 1.90 bits per heavy atom. The third-order valence-electron chi connectivity index (χ3n) is 3.80. The minimum Gasteiger partial charge on any atom is -0.285 e. The van der Waals surface area contributed by atoms with Gasteiger partial charge in [0.2, 0.25) is 0 Å². The Bertz CT molecular complexity index is 315. The van der Waals surface area contributed by atoms with Crippen molar-refractivity contribution in [1.82, 2.24) is 0 Å². The SMILES string of the molecule is CCCCCCCCCCC(S)CC(CC)S(=O)(=O)O. The molecule has 0 aromatic heterocycles. The maximum absolute atomic E-state index is 11.1. The Kier molecular flexibility index (Phi) is 12.0. The molecule has 0 amide bonds. The molecule has 0 aliphatic carbocycles. The minimum atomic E-state index is -3.91. The molecule has 0 saturated carbocycles. The molecule has 0 radical (unpaired) electrons. The van der Waals surface area contributed by atoms with E-state index in [-0.39, 0.29) is 5.25 Å². The molecule has 0 heterocycles. The van der Waals surface area contributed by atoms with Gasteiger partial charge in [0.25, 0.3) is 10.1 Å². The van der Waals surface area contributed by atoms with Crippen molar-refractivity contribution in [3.63, 3.8) is 0 Å². The largest absolute Gasteiger partial charge is 0.285 e. The molecule has 0 rings (SSSR count). The Morgan fingerprint density at radius 2 is 1.45 bits per heavy atom.